The molecule has 0 N–H and O–H groups in total. The van der Waals surface area contributed by atoms with Gasteiger partial charge in [-0.2, -0.15) is 23.5 Å². The molecule has 0 aliphatic carbocycles. The van der Waals surface area contributed by atoms with Gasteiger partial charge in [0, 0.05) is 16.6 Å². The molecule has 29 heavy (non-hydrogen) atoms. The number of hydrogen-bond acceptors (Lipinski definition) is 6. The summed E-state index contributed by atoms with van der Waals surface area (Å²) in [6.07, 6.45) is 10.1. The van der Waals surface area contributed by atoms with Crippen molar-refractivity contribution in [2.24, 2.45) is 11.8 Å². The molecule has 0 radical (unpaired) electrons. The van der Waals surface area contributed by atoms with Gasteiger partial charge in [0.05, 0.1) is 26.1 Å². The van der Waals surface area contributed by atoms with Crippen molar-refractivity contribution in [1.82, 2.24) is 0 Å². The molecule has 0 heterocycles. The van der Waals surface area contributed by atoms with Gasteiger partial charge in [0.2, 0.25) is 0 Å². The van der Waals surface area contributed by atoms with Gasteiger partial charge in [-0.3, -0.25) is 9.59 Å². The molecule has 0 amide bonds. The largest absolute Gasteiger partial charge is 0.465 e. The number of carbonyl (C=O) groups is 2. The highest BCUT2D eigenvalue weighted by Crippen LogP contribution is 2.17. The predicted octanol–water partition coefficient (Wildman–Crippen LogP) is 6.71. The number of esters is 2. The maximum absolute atomic E-state index is 11.8. The Morgan fingerprint density at radius 1 is 0.724 bits per heavy atom. The molecule has 4 nitrogen and oxygen atoms in total. The fourth-order valence-electron chi connectivity index (χ4n) is 2.85. The molecule has 0 spiro atoms. The van der Waals surface area contributed by atoms with Gasteiger partial charge in [0.25, 0.3) is 0 Å². The topological polar surface area (TPSA) is 52.6 Å². The van der Waals surface area contributed by atoms with E-state index in [9.17, 15) is 9.59 Å². The highest BCUT2D eigenvalue weighted by molar-refractivity contribution is 8.15. The van der Waals surface area contributed by atoms with Gasteiger partial charge >= 0.3 is 11.9 Å². The third kappa shape index (κ3) is 18.2. The van der Waals surface area contributed by atoms with Crippen LogP contribution in [0.25, 0.3) is 0 Å². The quantitative estimate of drug-likeness (QED) is 0.117. The van der Waals surface area contributed by atoms with Gasteiger partial charge in [-0.15, -0.1) is 0 Å². The van der Waals surface area contributed by atoms with E-state index in [0.717, 1.165) is 42.3 Å². The fourth-order valence-corrected chi connectivity index (χ4v) is 4.89. The number of rotatable bonds is 20. The van der Waals surface area contributed by atoms with Crippen molar-refractivity contribution in [1.29, 1.82) is 0 Å². The maximum Gasteiger partial charge on any atom is 0.306 e. The Kier molecular flexibility index (Phi) is 20.6. The molecule has 0 saturated carbocycles. The molecule has 0 aliphatic rings. The molecule has 2 atom stereocenters. The minimum atomic E-state index is -0.0884. The van der Waals surface area contributed by atoms with E-state index < -0.39 is 0 Å². The van der Waals surface area contributed by atoms with Crippen LogP contribution in [0.3, 0.4) is 0 Å². The third-order valence-corrected chi connectivity index (χ3v) is 7.43. The van der Waals surface area contributed by atoms with Crippen LogP contribution >= 0.6 is 23.5 Å². The summed E-state index contributed by atoms with van der Waals surface area (Å²) in [6.45, 7) is 9.82. The van der Waals surface area contributed by atoms with Gasteiger partial charge in [0.15, 0.2) is 0 Å². The summed E-state index contributed by atoms with van der Waals surface area (Å²) < 4.78 is 10.8. The van der Waals surface area contributed by atoms with E-state index in [-0.39, 0.29) is 11.9 Å². The first-order chi connectivity index (χ1) is 14.1. The minimum absolute atomic E-state index is 0.0884. The smallest absolute Gasteiger partial charge is 0.306 e. The lowest BCUT2D eigenvalue weighted by Crippen LogP contribution is -2.14. The van der Waals surface area contributed by atoms with E-state index >= 15 is 0 Å². The molecule has 0 aromatic rings. The van der Waals surface area contributed by atoms with Crippen LogP contribution in [0, 0.1) is 11.8 Å². The zero-order chi connectivity index (χ0) is 21.7. The summed E-state index contributed by atoms with van der Waals surface area (Å²) in [7, 11) is 0. The first-order valence-corrected chi connectivity index (χ1v) is 13.8. The summed E-state index contributed by atoms with van der Waals surface area (Å²) in [5.74, 6) is 2.38. The number of carbonyl (C=O) groups excluding carboxylic acids is 2. The van der Waals surface area contributed by atoms with Gasteiger partial charge in [-0.25, -0.2) is 0 Å². The Balaban J connectivity index is 3.59. The summed E-state index contributed by atoms with van der Waals surface area (Å²) >= 11 is 3.46. The van der Waals surface area contributed by atoms with Crippen LogP contribution in [0.1, 0.15) is 91.9 Å². The summed E-state index contributed by atoms with van der Waals surface area (Å²) in [4.78, 5) is 23.7. The van der Waals surface area contributed by atoms with E-state index in [1.54, 1.807) is 23.5 Å². The molecule has 0 fully saturated rings. The Bertz CT molecular complexity index is 368. The van der Waals surface area contributed by atoms with Crippen LogP contribution in [0.2, 0.25) is 0 Å². The van der Waals surface area contributed by atoms with E-state index in [1.165, 1.54) is 25.7 Å². The highest BCUT2D eigenvalue weighted by Gasteiger charge is 2.11. The van der Waals surface area contributed by atoms with Crippen molar-refractivity contribution in [2.45, 2.75) is 91.9 Å². The Hall–Kier alpha value is -0.360. The normalized spacial score (nSPS) is 13.1. The molecule has 0 aromatic heterocycles. The zero-order valence-corrected chi connectivity index (χ0v) is 20.8. The van der Waals surface area contributed by atoms with Crippen molar-refractivity contribution in [3.63, 3.8) is 0 Å². The molecule has 0 aliphatic heterocycles. The fraction of sp³-hybridized carbons (Fsp3) is 0.913. The molecular formula is C23H44O4S2. The van der Waals surface area contributed by atoms with Crippen molar-refractivity contribution in [3.05, 3.63) is 0 Å². The molecule has 0 rings (SSSR count). The van der Waals surface area contributed by atoms with E-state index in [4.69, 9.17) is 9.47 Å². The Morgan fingerprint density at radius 2 is 1.14 bits per heavy atom. The lowest BCUT2D eigenvalue weighted by atomic mass is 10.0. The second-order valence-corrected chi connectivity index (χ2v) is 10.2. The monoisotopic (exact) mass is 448 g/mol. The van der Waals surface area contributed by atoms with Crippen molar-refractivity contribution in [2.75, 3.05) is 29.8 Å². The molecule has 2 unspecified atom stereocenters. The number of unbranched alkanes of at least 4 members (excludes halogenated alkanes) is 2. The van der Waals surface area contributed by atoms with Gasteiger partial charge in [0.1, 0.15) is 0 Å². The van der Waals surface area contributed by atoms with Crippen LogP contribution < -0.4 is 0 Å². The van der Waals surface area contributed by atoms with Crippen LogP contribution in [0.4, 0.5) is 0 Å². The second kappa shape index (κ2) is 20.9. The first kappa shape index (κ1) is 28.6. The summed E-state index contributed by atoms with van der Waals surface area (Å²) in [6, 6.07) is 0. The number of thioether (sulfide) groups is 2. The van der Waals surface area contributed by atoms with E-state index in [1.807, 2.05) is 0 Å². The summed E-state index contributed by atoms with van der Waals surface area (Å²) in [5.41, 5.74) is 0. The lowest BCUT2D eigenvalue weighted by Gasteiger charge is -2.14. The first-order valence-electron chi connectivity index (χ1n) is 11.5. The maximum atomic E-state index is 11.8. The van der Waals surface area contributed by atoms with Gasteiger partial charge in [-0.1, -0.05) is 66.2 Å². The average molecular weight is 449 g/mol. The van der Waals surface area contributed by atoms with E-state index in [0.29, 0.717) is 37.9 Å². The minimum Gasteiger partial charge on any atom is -0.465 e. The van der Waals surface area contributed by atoms with Crippen LogP contribution in [0.5, 0.6) is 0 Å². The standard InChI is InChI=1S/C23H44O4S2/c1-5-9-11-20(7-3)17-26-22(24)13-15-28-19-29-16-14-23(25)27-18-21(8-4)12-10-6-2/h20-21H,5-19H2,1-4H3. The van der Waals surface area contributed by atoms with Crippen LogP contribution in [0.15, 0.2) is 0 Å². The second-order valence-electron chi connectivity index (χ2n) is 7.63. The Labute approximate surface area is 188 Å². The van der Waals surface area contributed by atoms with Crippen LogP contribution in [-0.4, -0.2) is 41.7 Å². The average Bonchev–Trinajstić information content (AvgIpc) is 2.73. The number of hydrogen-bond donors (Lipinski definition) is 0. The van der Waals surface area contributed by atoms with Gasteiger partial charge in [-0.05, 0) is 24.7 Å². The molecule has 0 bridgehead atoms. The lowest BCUT2D eigenvalue weighted by molar-refractivity contribution is -0.145. The Morgan fingerprint density at radius 3 is 1.48 bits per heavy atom. The molecule has 6 heteroatoms. The van der Waals surface area contributed by atoms with Crippen molar-refractivity contribution >= 4 is 35.5 Å². The predicted molar refractivity (Wildman–Crippen MR) is 128 cm³/mol. The number of ether oxygens (including phenoxy) is 2. The zero-order valence-electron chi connectivity index (χ0n) is 19.2. The van der Waals surface area contributed by atoms with Gasteiger partial charge < -0.3 is 9.47 Å². The molecule has 0 aromatic carbocycles. The van der Waals surface area contributed by atoms with E-state index in [2.05, 4.69) is 27.7 Å². The molecule has 0 saturated heterocycles. The molecule has 172 valence electrons. The molecular weight excluding hydrogens is 404 g/mol. The van der Waals surface area contributed by atoms with Crippen LogP contribution in [-0.2, 0) is 19.1 Å². The highest BCUT2D eigenvalue weighted by atomic mass is 32.2. The summed E-state index contributed by atoms with van der Waals surface area (Å²) in [5, 5.41) is 0.892. The van der Waals surface area contributed by atoms with Crippen molar-refractivity contribution in [3.8, 4) is 0 Å². The SMILES string of the molecule is CCCCC(CC)COC(=O)CCSCSCCC(=O)OCC(CC)CCCC. The van der Waals surface area contributed by atoms with Crippen molar-refractivity contribution < 1.29 is 19.1 Å². The third-order valence-electron chi connectivity index (χ3n) is 5.11.